The molecular weight excluding hydrogens is 518 g/mol. The van der Waals surface area contributed by atoms with Crippen LogP contribution in [0.4, 0.5) is 0 Å². The number of benzene rings is 4. The summed E-state index contributed by atoms with van der Waals surface area (Å²) in [6, 6.07) is 28.4. The number of ether oxygens (including phenoxy) is 2. The molecule has 0 spiro atoms. The number of aryl methyl sites for hydroxylation is 2. The Morgan fingerprint density at radius 3 is 2.35 bits per heavy atom. The van der Waals surface area contributed by atoms with Crippen molar-refractivity contribution in [3.8, 4) is 16.9 Å². The monoisotopic (exact) mass is 559 g/mol. The highest BCUT2D eigenvalue weighted by atomic mass is 35.5. The molecule has 4 rings (SSSR count). The van der Waals surface area contributed by atoms with Crippen LogP contribution in [0.2, 0.25) is 0 Å². The Morgan fingerprint density at radius 2 is 1.60 bits per heavy atom. The van der Waals surface area contributed by atoms with Crippen LogP contribution in [0, 0.1) is 6.92 Å². The molecule has 0 aliphatic carbocycles. The lowest BCUT2D eigenvalue weighted by atomic mass is 9.91. The fourth-order valence-corrected chi connectivity index (χ4v) is 5.10. The van der Waals surface area contributed by atoms with Crippen molar-refractivity contribution in [3.05, 3.63) is 101 Å². The van der Waals surface area contributed by atoms with E-state index in [-0.39, 0.29) is 36.6 Å². The molecule has 0 fully saturated rings. The van der Waals surface area contributed by atoms with E-state index in [1.54, 1.807) is 0 Å². The minimum atomic E-state index is -0.150. The van der Waals surface area contributed by atoms with Gasteiger partial charge >= 0.3 is 5.97 Å². The van der Waals surface area contributed by atoms with Crippen molar-refractivity contribution in [2.45, 2.75) is 72.6 Å². The van der Waals surface area contributed by atoms with Gasteiger partial charge in [-0.1, -0.05) is 54.6 Å². The van der Waals surface area contributed by atoms with Crippen molar-refractivity contribution >= 4 is 29.1 Å². The third-order valence-corrected chi connectivity index (χ3v) is 7.18. The maximum Gasteiger partial charge on any atom is 0.306 e. The van der Waals surface area contributed by atoms with Gasteiger partial charge in [0.25, 0.3) is 0 Å². The molecule has 0 bridgehead atoms. The second kappa shape index (κ2) is 14.3. The number of carbonyl (C=O) groups is 1. The van der Waals surface area contributed by atoms with E-state index in [0.717, 1.165) is 11.3 Å². The average Bonchev–Trinajstić information content (AvgIpc) is 2.92. The topological polar surface area (TPSA) is 47.6 Å². The minimum absolute atomic E-state index is 0. The lowest BCUT2D eigenvalue weighted by molar-refractivity contribution is -0.147. The highest BCUT2D eigenvalue weighted by Crippen LogP contribution is 2.34. The Hall–Kier alpha value is -3.34. The summed E-state index contributed by atoms with van der Waals surface area (Å²) < 4.78 is 11.1. The van der Waals surface area contributed by atoms with Crippen molar-refractivity contribution in [2.24, 2.45) is 0 Å². The first-order valence-electron chi connectivity index (χ1n) is 14.1. The lowest BCUT2D eigenvalue weighted by Crippen LogP contribution is -2.22. The van der Waals surface area contributed by atoms with Gasteiger partial charge in [-0.15, -0.1) is 12.4 Å². The molecule has 1 N–H and O–H groups in total. The smallest absolute Gasteiger partial charge is 0.306 e. The van der Waals surface area contributed by atoms with Gasteiger partial charge in [0.2, 0.25) is 0 Å². The van der Waals surface area contributed by atoms with Crippen LogP contribution in [0.5, 0.6) is 5.75 Å². The maximum atomic E-state index is 12.2. The van der Waals surface area contributed by atoms with Gasteiger partial charge in [-0.25, -0.2) is 0 Å². The second-order valence-corrected chi connectivity index (χ2v) is 10.6. The first-order chi connectivity index (χ1) is 18.7. The van der Waals surface area contributed by atoms with E-state index >= 15 is 0 Å². The molecule has 0 aliphatic rings. The number of hydrogen-bond donors (Lipinski definition) is 1. The number of halogens is 1. The van der Waals surface area contributed by atoms with Crippen molar-refractivity contribution in [1.29, 1.82) is 0 Å². The van der Waals surface area contributed by atoms with E-state index in [4.69, 9.17) is 9.47 Å². The van der Waals surface area contributed by atoms with Gasteiger partial charge in [0.1, 0.15) is 5.75 Å². The number of carbonyl (C=O) groups excluding carboxylic acids is 1. The summed E-state index contributed by atoms with van der Waals surface area (Å²) in [6.07, 6.45) is 0.956. The predicted octanol–water partition coefficient (Wildman–Crippen LogP) is 8.93. The van der Waals surface area contributed by atoms with Crippen molar-refractivity contribution in [1.82, 2.24) is 5.32 Å². The fourth-order valence-electron chi connectivity index (χ4n) is 5.10. The third-order valence-electron chi connectivity index (χ3n) is 7.18. The number of fused-ring (bicyclic) bond motifs is 1. The molecule has 5 heteroatoms. The molecule has 1 unspecified atom stereocenters. The van der Waals surface area contributed by atoms with Crippen LogP contribution in [0.15, 0.2) is 78.9 Å². The van der Waals surface area contributed by atoms with Gasteiger partial charge in [-0.2, -0.15) is 0 Å². The summed E-state index contributed by atoms with van der Waals surface area (Å²) >= 11 is 0. The summed E-state index contributed by atoms with van der Waals surface area (Å²) in [6.45, 7) is 13.0. The molecule has 0 aromatic heterocycles. The van der Waals surface area contributed by atoms with E-state index in [9.17, 15) is 4.79 Å². The molecule has 4 aromatic rings. The van der Waals surface area contributed by atoms with E-state index in [1.165, 1.54) is 38.6 Å². The van der Waals surface area contributed by atoms with E-state index in [1.807, 2.05) is 26.8 Å². The highest BCUT2D eigenvalue weighted by Gasteiger charge is 2.16. The van der Waals surface area contributed by atoms with Crippen LogP contribution >= 0.6 is 12.4 Å². The largest absolute Gasteiger partial charge is 0.494 e. The van der Waals surface area contributed by atoms with E-state index in [0.29, 0.717) is 19.4 Å². The van der Waals surface area contributed by atoms with Gasteiger partial charge in [0.15, 0.2) is 0 Å². The normalized spacial score (nSPS) is 12.6. The number of nitrogens with one attached hydrogen (secondary N) is 1. The van der Waals surface area contributed by atoms with Crippen LogP contribution in [-0.2, 0) is 16.0 Å². The lowest BCUT2D eigenvalue weighted by Gasteiger charge is -2.23. The fraction of sp³-hybridized carbons (Fsp3) is 0.343. The zero-order valence-electron chi connectivity index (χ0n) is 24.5. The van der Waals surface area contributed by atoms with Crippen molar-refractivity contribution < 1.29 is 14.3 Å². The molecule has 2 atom stereocenters. The SMILES string of the molecule is CCOc1cccc([C@@H](C)NC(C)c2cc(-c3ccc(C)c(CCC(=O)OC(C)C)c3)c3ccccc3c2)c1.Cl. The molecule has 0 aliphatic heterocycles. The van der Waals surface area contributed by atoms with Crippen LogP contribution in [0.25, 0.3) is 21.9 Å². The van der Waals surface area contributed by atoms with Crippen molar-refractivity contribution in [2.75, 3.05) is 6.61 Å². The first kappa shape index (κ1) is 31.2. The van der Waals surface area contributed by atoms with Crippen LogP contribution in [-0.4, -0.2) is 18.7 Å². The predicted molar refractivity (Wildman–Crippen MR) is 168 cm³/mol. The summed E-state index contributed by atoms with van der Waals surface area (Å²) in [5.41, 5.74) is 7.17. The number of rotatable bonds is 11. The summed E-state index contributed by atoms with van der Waals surface area (Å²) in [4.78, 5) is 12.2. The average molecular weight is 560 g/mol. The Labute approximate surface area is 245 Å². The molecule has 212 valence electrons. The van der Waals surface area contributed by atoms with Crippen LogP contribution in [0.3, 0.4) is 0 Å². The molecule has 0 heterocycles. The standard InChI is InChI=1S/C35H41NO3.ClH/c1-7-38-32-13-10-12-28(21-32)25(5)36-26(6)31-20-29-11-8-9-14-33(29)34(22-31)30-16-15-24(4)27(19-30)17-18-35(37)39-23(2)3;/h8-16,19-23,25-26,36H,7,17-18H2,1-6H3;1H/t25-,26?;/m1./s1. The maximum absolute atomic E-state index is 12.2. The molecule has 0 saturated carbocycles. The Balaban J connectivity index is 0.00000441. The zero-order chi connectivity index (χ0) is 27.9. The third kappa shape index (κ3) is 7.87. The highest BCUT2D eigenvalue weighted by molar-refractivity contribution is 5.97. The number of hydrogen-bond acceptors (Lipinski definition) is 4. The Morgan fingerprint density at radius 1 is 0.850 bits per heavy atom. The van der Waals surface area contributed by atoms with Gasteiger partial charge in [-0.3, -0.25) is 4.79 Å². The van der Waals surface area contributed by atoms with E-state index in [2.05, 4.69) is 98.9 Å². The minimum Gasteiger partial charge on any atom is -0.494 e. The molecule has 4 aromatic carbocycles. The summed E-state index contributed by atoms with van der Waals surface area (Å²) in [7, 11) is 0. The Bertz CT molecular complexity index is 1430. The van der Waals surface area contributed by atoms with Crippen molar-refractivity contribution in [3.63, 3.8) is 0 Å². The molecule has 0 radical (unpaired) electrons. The van der Waals surface area contributed by atoms with E-state index < -0.39 is 0 Å². The van der Waals surface area contributed by atoms with Gasteiger partial charge in [0, 0.05) is 18.5 Å². The van der Waals surface area contributed by atoms with Crippen LogP contribution in [0.1, 0.15) is 75.4 Å². The molecule has 0 saturated heterocycles. The Kier molecular flexibility index (Phi) is 11.2. The second-order valence-electron chi connectivity index (χ2n) is 10.6. The summed E-state index contributed by atoms with van der Waals surface area (Å²) in [5, 5.41) is 6.22. The van der Waals surface area contributed by atoms with Gasteiger partial charge < -0.3 is 14.8 Å². The van der Waals surface area contributed by atoms with Crippen LogP contribution < -0.4 is 10.1 Å². The summed E-state index contributed by atoms with van der Waals surface area (Å²) in [5.74, 6) is 0.750. The zero-order valence-corrected chi connectivity index (χ0v) is 25.3. The van der Waals surface area contributed by atoms with Gasteiger partial charge in [-0.05, 0) is 116 Å². The number of esters is 1. The molecular formula is C35H42ClNO3. The molecule has 0 amide bonds. The quantitative estimate of drug-likeness (QED) is 0.186. The first-order valence-corrected chi connectivity index (χ1v) is 14.1. The van der Waals surface area contributed by atoms with Gasteiger partial charge in [0.05, 0.1) is 12.7 Å². The molecule has 4 nitrogen and oxygen atoms in total. The molecule has 40 heavy (non-hydrogen) atoms.